The summed E-state index contributed by atoms with van der Waals surface area (Å²) in [5.41, 5.74) is 0. The molecule has 0 spiro atoms. The van der Waals surface area contributed by atoms with Crippen molar-refractivity contribution in [2.24, 2.45) is 5.92 Å². The molecule has 0 unspecified atom stereocenters. The van der Waals surface area contributed by atoms with E-state index in [2.05, 4.69) is 16.5 Å². The summed E-state index contributed by atoms with van der Waals surface area (Å²) in [5, 5.41) is 0. The Bertz CT molecular complexity index is 526. The highest BCUT2D eigenvalue weighted by Gasteiger charge is 2.17. The zero-order valence-corrected chi connectivity index (χ0v) is 15.3. The smallest absolute Gasteiger partial charge is 0.250 e. The molecule has 1 saturated heterocycles. The maximum Gasteiger partial charge on any atom is 0.250 e. The molecule has 1 aliphatic rings. The van der Waals surface area contributed by atoms with E-state index >= 15 is 0 Å². The number of hydrogen-bond donors (Lipinski definition) is 1. The van der Waals surface area contributed by atoms with E-state index in [1.807, 2.05) is 0 Å². The van der Waals surface area contributed by atoms with Crippen LogP contribution in [0.5, 0.6) is 0 Å². The fraction of sp³-hybridized carbons (Fsp3) is 0.692. The van der Waals surface area contributed by atoms with Gasteiger partial charge in [0.05, 0.1) is 4.34 Å². The van der Waals surface area contributed by atoms with Gasteiger partial charge in [-0.1, -0.05) is 18.5 Å². The van der Waals surface area contributed by atoms with Gasteiger partial charge in [-0.2, -0.15) is 0 Å². The van der Waals surface area contributed by atoms with Crippen LogP contribution in [0.25, 0.3) is 0 Å². The first-order valence-corrected chi connectivity index (χ1v) is 9.62. The van der Waals surface area contributed by atoms with Crippen molar-refractivity contribution in [1.29, 1.82) is 0 Å². The van der Waals surface area contributed by atoms with Crippen LogP contribution in [0.1, 0.15) is 26.2 Å². The Hall–Kier alpha value is 0.150. The highest BCUT2D eigenvalue weighted by molar-refractivity contribution is 7.91. The molecule has 0 amide bonds. The maximum atomic E-state index is 12.0. The standard InChI is InChI=1S/C13H21ClN2O2S2.ClH/c1-11-5-9-16(10-6-11)8-2-7-15-20(17,18)13-4-3-12(14)19-13;/h3-4,11,15H,2,5-10H2,1H3;1H. The fourth-order valence-corrected chi connectivity index (χ4v) is 4.91. The number of sulfonamides is 1. The molecule has 0 aliphatic carbocycles. The highest BCUT2D eigenvalue weighted by atomic mass is 35.5. The zero-order valence-electron chi connectivity index (χ0n) is 12.0. The van der Waals surface area contributed by atoms with Crippen molar-refractivity contribution in [3.8, 4) is 0 Å². The van der Waals surface area contributed by atoms with Crippen LogP contribution in [0.2, 0.25) is 4.34 Å². The van der Waals surface area contributed by atoms with Crippen LogP contribution in [-0.2, 0) is 10.0 Å². The van der Waals surface area contributed by atoms with Crippen LogP contribution < -0.4 is 4.72 Å². The molecule has 2 rings (SSSR count). The number of nitrogens with one attached hydrogen (secondary N) is 1. The van der Waals surface area contributed by atoms with Gasteiger partial charge in [0.2, 0.25) is 10.0 Å². The Morgan fingerprint density at radius 3 is 2.62 bits per heavy atom. The Morgan fingerprint density at radius 1 is 1.38 bits per heavy atom. The molecule has 21 heavy (non-hydrogen) atoms. The summed E-state index contributed by atoms with van der Waals surface area (Å²) in [4.78, 5) is 2.41. The number of halogens is 2. The third-order valence-electron chi connectivity index (χ3n) is 3.63. The molecule has 0 aromatic carbocycles. The lowest BCUT2D eigenvalue weighted by Gasteiger charge is -2.30. The maximum absolute atomic E-state index is 12.0. The normalized spacial score (nSPS) is 17.6. The van der Waals surface area contributed by atoms with E-state index in [1.165, 1.54) is 12.8 Å². The van der Waals surface area contributed by atoms with E-state index in [1.54, 1.807) is 12.1 Å². The van der Waals surface area contributed by atoms with Gasteiger partial charge in [0.15, 0.2) is 0 Å². The first-order valence-electron chi connectivity index (χ1n) is 6.95. The lowest BCUT2D eigenvalue weighted by Crippen LogP contribution is -2.35. The van der Waals surface area contributed by atoms with Crippen molar-refractivity contribution >= 4 is 45.4 Å². The van der Waals surface area contributed by atoms with Gasteiger partial charge in [0.25, 0.3) is 0 Å². The predicted molar refractivity (Wildman–Crippen MR) is 91.2 cm³/mol. The van der Waals surface area contributed by atoms with Gasteiger partial charge in [0.1, 0.15) is 4.21 Å². The zero-order chi connectivity index (χ0) is 14.6. The third kappa shape index (κ3) is 6.04. The molecule has 122 valence electrons. The molecule has 1 aromatic heterocycles. The first-order chi connectivity index (χ1) is 9.47. The largest absolute Gasteiger partial charge is 0.303 e. The Labute approximate surface area is 142 Å². The van der Waals surface area contributed by atoms with Crippen LogP contribution in [0.4, 0.5) is 0 Å². The molecule has 0 radical (unpaired) electrons. The van der Waals surface area contributed by atoms with Crippen LogP contribution in [0.15, 0.2) is 16.3 Å². The fourth-order valence-electron chi connectivity index (χ4n) is 2.31. The topological polar surface area (TPSA) is 49.4 Å². The number of piperidine rings is 1. The second kappa shape index (κ2) is 8.70. The molecule has 1 aliphatic heterocycles. The number of thiophene rings is 1. The predicted octanol–water partition coefficient (Wildman–Crippen LogP) is 3.22. The second-order valence-corrected chi connectivity index (χ2v) is 9.04. The van der Waals surface area contributed by atoms with Gasteiger partial charge in [-0.15, -0.1) is 23.7 Å². The summed E-state index contributed by atoms with van der Waals surface area (Å²) in [6, 6.07) is 3.15. The van der Waals surface area contributed by atoms with Crippen molar-refractivity contribution in [2.45, 2.75) is 30.4 Å². The van der Waals surface area contributed by atoms with Crippen LogP contribution in [-0.4, -0.2) is 39.5 Å². The molecule has 0 atom stereocenters. The quantitative estimate of drug-likeness (QED) is 0.779. The Balaban J connectivity index is 0.00000220. The van der Waals surface area contributed by atoms with E-state index in [4.69, 9.17) is 11.6 Å². The van der Waals surface area contributed by atoms with Crippen molar-refractivity contribution in [1.82, 2.24) is 9.62 Å². The number of hydrogen-bond acceptors (Lipinski definition) is 4. The molecule has 4 nitrogen and oxygen atoms in total. The van der Waals surface area contributed by atoms with Gasteiger partial charge in [0, 0.05) is 6.54 Å². The van der Waals surface area contributed by atoms with E-state index < -0.39 is 10.0 Å². The molecule has 1 aromatic rings. The van der Waals surface area contributed by atoms with Gasteiger partial charge in [-0.05, 0) is 56.9 Å². The van der Waals surface area contributed by atoms with Crippen LogP contribution >= 0.6 is 35.3 Å². The lowest BCUT2D eigenvalue weighted by atomic mass is 9.99. The summed E-state index contributed by atoms with van der Waals surface area (Å²) in [7, 11) is -3.39. The summed E-state index contributed by atoms with van der Waals surface area (Å²) in [6.45, 7) is 5.99. The summed E-state index contributed by atoms with van der Waals surface area (Å²) in [6.07, 6.45) is 3.34. The van der Waals surface area contributed by atoms with E-state index in [-0.39, 0.29) is 16.6 Å². The number of likely N-dealkylation sites (tertiary alicyclic amines) is 1. The summed E-state index contributed by atoms with van der Waals surface area (Å²) in [5.74, 6) is 0.827. The molecule has 1 N–H and O–H groups in total. The van der Waals surface area contributed by atoms with Crippen molar-refractivity contribution in [3.63, 3.8) is 0 Å². The van der Waals surface area contributed by atoms with Gasteiger partial charge in [-0.3, -0.25) is 0 Å². The highest BCUT2D eigenvalue weighted by Crippen LogP contribution is 2.25. The molecular weight excluding hydrogens is 351 g/mol. The van der Waals surface area contributed by atoms with Crippen molar-refractivity contribution in [2.75, 3.05) is 26.2 Å². The van der Waals surface area contributed by atoms with E-state index in [9.17, 15) is 8.42 Å². The lowest BCUT2D eigenvalue weighted by molar-refractivity contribution is 0.191. The van der Waals surface area contributed by atoms with Gasteiger partial charge in [-0.25, -0.2) is 13.1 Å². The summed E-state index contributed by atoms with van der Waals surface area (Å²) < 4.78 is 27.3. The summed E-state index contributed by atoms with van der Waals surface area (Å²) >= 11 is 6.85. The molecular formula is C13H22Cl2N2O2S2. The van der Waals surface area contributed by atoms with E-state index in [0.717, 1.165) is 43.3 Å². The molecule has 1 fully saturated rings. The molecule has 2 heterocycles. The minimum Gasteiger partial charge on any atom is -0.303 e. The average molecular weight is 373 g/mol. The van der Waals surface area contributed by atoms with Crippen molar-refractivity contribution < 1.29 is 8.42 Å². The van der Waals surface area contributed by atoms with E-state index in [0.29, 0.717) is 10.9 Å². The molecule has 0 saturated carbocycles. The molecule has 0 bridgehead atoms. The average Bonchev–Trinajstić information content (AvgIpc) is 2.84. The number of rotatable bonds is 6. The Kier molecular flexibility index (Phi) is 7.95. The Morgan fingerprint density at radius 2 is 2.05 bits per heavy atom. The first kappa shape index (κ1) is 19.2. The van der Waals surface area contributed by atoms with Crippen molar-refractivity contribution in [3.05, 3.63) is 16.5 Å². The molecule has 8 heteroatoms. The monoisotopic (exact) mass is 372 g/mol. The van der Waals surface area contributed by atoms with Crippen LogP contribution in [0, 0.1) is 5.92 Å². The third-order valence-corrected chi connectivity index (χ3v) is 6.82. The number of nitrogens with zero attached hydrogens (tertiary/aromatic N) is 1. The minimum absolute atomic E-state index is 0. The van der Waals surface area contributed by atoms with Gasteiger partial charge >= 0.3 is 0 Å². The SMILES string of the molecule is CC1CCN(CCCNS(=O)(=O)c2ccc(Cl)s2)CC1.Cl. The second-order valence-electron chi connectivity index (χ2n) is 5.33. The van der Waals surface area contributed by atoms with Crippen LogP contribution in [0.3, 0.4) is 0 Å². The van der Waals surface area contributed by atoms with Gasteiger partial charge < -0.3 is 4.90 Å². The minimum atomic E-state index is -3.39.